The van der Waals surface area contributed by atoms with Gasteiger partial charge in [-0.05, 0) is 37.3 Å². The molecule has 100 valence electrons. The molecule has 2 heteroatoms. The summed E-state index contributed by atoms with van der Waals surface area (Å²) in [6.45, 7) is 2.07. The van der Waals surface area contributed by atoms with Crippen molar-refractivity contribution in [2.45, 2.75) is 13.3 Å². The fourth-order valence-corrected chi connectivity index (χ4v) is 2.24. The van der Waals surface area contributed by atoms with Crippen LogP contribution in [0.3, 0.4) is 0 Å². The van der Waals surface area contributed by atoms with Crippen molar-refractivity contribution in [3.8, 4) is 11.5 Å². The van der Waals surface area contributed by atoms with Gasteiger partial charge in [0.1, 0.15) is 11.5 Å². The van der Waals surface area contributed by atoms with Crippen molar-refractivity contribution < 1.29 is 4.74 Å². The first kappa shape index (κ1) is 12.5. The third-order valence-electron chi connectivity index (χ3n) is 3.22. The lowest BCUT2D eigenvalue weighted by Gasteiger charge is -2.10. The van der Waals surface area contributed by atoms with Crippen molar-refractivity contribution in [3.05, 3.63) is 83.7 Å². The minimum Gasteiger partial charge on any atom is -0.457 e. The van der Waals surface area contributed by atoms with E-state index in [0.29, 0.717) is 0 Å². The summed E-state index contributed by atoms with van der Waals surface area (Å²) in [6, 6.07) is 22.3. The number of hydrogen-bond acceptors (Lipinski definition) is 1. The number of H-pyrrole nitrogens is 1. The van der Waals surface area contributed by atoms with Gasteiger partial charge in [0.05, 0.1) is 0 Å². The Morgan fingerprint density at radius 2 is 1.60 bits per heavy atom. The van der Waals surface area contributed by atoms with Gasteiger partial charge in [-0.3, -0.25) is 0 Å². The van der Waals surface area contributed by atoms with Gasteiger partial charge >= 0.3 is 0 Å². The first-order chi connectivity index (χ1) is 9.81. The molecule has 0 aliphatic carbocycles. The Bertz CT molecular complexity index is 685. The Hall–Kier alpha value is -2.48. The second kappa shape index (κ2) is 5.66. The van der Waals surface area contributed by atoms with Gasteiger partial charge in [-0.1, -0.05) is 36.4 Å². The van der Waals surface area contributed by atoms with E-state index < -0.39 is 0 Å². The Balaban J connectivity index is 1.84. The number of aromatic amines is 1. The van der Waals surface area contributed by atoms with Crippen molar-refractivity contribution >= 4 is 0 Å². The van der Waals surface area contributed by atoms with Gasteiger partial charge in [0, 0.05) is 23.4 Å². The third-order valence-corrected chi connectivity index (χ3v) is 3.22. The second-order valence-electron chi connectivity index (χ2n) is 4.87. The maximum absolute atomic E-state index is 5.97. The Morgan fingerprint density at radius 1 is 0.850 bits per heavy atom. The van der Waals surface area contributed by atoms with Crippen molar-refractivity contribution in [2.24, 2.45) is 0 Å². The fourth-order valence-electron chi connectivity index (χ4n) is 2.24. The van der Waals surface area contributed by atoms with Gasteiger partial charge in [-0.2, -0.15) is 0 Å². The second-order valence-corrected chi connectivity index (χ2v) is 4.87. The standard InChI is InChI=1S/C18H17NO/c1-14-11-12-16(19-14)13-15-7-5-6-10-18(15)20-17-8-3-2-4-9-17/h2-12,19H,13H2,1H3. The molecule has 2 aromatic carbocycles. The molecular formula is C18H17NO. The number of benzene rings is 2. The Kier molecular flexibility index (Phi) is 3.55. The number of para-hydroxylation sites is 2. The molecule has 0 atom stereocenters. The molecule has 0 radical (unpaired) electrons. The first-order valence-electron chi connectivity index (χ1n) is 6.76. The van der Waals surface area contributed by atoms with Crippen LogP contribution in [-0.2, 0) is 6.42 Å². The molecule has 0 spiro atoms. The molecule has 3 aromatic rings. The predicted octanol–water partition coefficient (Wildman–Crippen LogP) is 4.71. The number of nitrogens with one attached hydrogen (secondary N) is 1. The van der Waals surface area contributed by atoms with Crippen LogP contribution in [0.25, 0.3) is 0 Å². The Labute approximate surface area is 119 Å². The van der Waals surface area contributed by atoms with E-state index in [-0.39, 0.29) is 0 Å². The lowest BCUT2D eigenvalue weighted by Crippen LogP contribution is -1.93. The molecule has 0 amide bonds. The molecule has 20 heavy (non-hydrogen) atoms. The number of aromatic nitrogens is 1. The Morgan fingerprint density at radius 3 is 2.35 bits per heavy atom. The number of hydrogen-bond donors (Lipinski definition) is 1. The number of ether oxygens (including phenoxy) is 1. The quantitative estimate of drug-likeness (QED) is 0.724. The summed E-state index contributed by atoms with van der Waals surface area (Å²) in [5.74, 6) is 1.77. The van der Waals surface area contributed by atoms with E-state index in [4.69, 9.17) is 4.74 Å². The molecule has 0 aliphatic heterocycles. The molecule has 1 heterocycles. The molecule has 0 unspecified atom stereocenters. The molecule has 2 nitrogen and oxygen atoms in total. The minimum atomic E-state index is 0.844. The fraction of sp³-hybridized carbons (Fsp3) is 0.111. The van der Waals surface area contributed by atoms with Crippen LogP contribution in [-0.4, -0.2) is 4.98 Å². The molecule has 0 saturated carbocycles. The molecular weight excluding hydrogens is 246 g/mol. The third kappa shape index (κ3) is 2.91. The average molecular weight is 263 g/mol. The van der Waals surface area contributed by atoms with Crippen molar-refractivity contribution in [1.29, 1.82) is 0 Å². The van der Waals surface area contributed by atoms with E-state index >= 15 is 0 Å². The normalized spacial score (nSPS) is 10.4. The molecule has 0 bridgehead atoms. The first-order valence-corrected chi connectivity index (χ1v) is 6.76. The molecule has 0 fully saturated rings. The minimum absolute atomic E-state index is 0.844. The van der Waals surface area contributed by atoms with Crippen LogP contribution in [0.15, 0.2) is 66.7 Å². The zero-order valence-corrected chi connectivity index (χ0v) is 11.5. The maximum atomic E-state index is 5.97. The predicted molar refractivity (Wildman–Crippen MR) is 81.3 cm³/mol. The van der Waals surface area contributed by atoms with Crippen LogP contribution in [0.2, 0.25) is 0 Å². The highest BCUT2D eigenvalue weighted by Gasteiger charge is 2.06. The maximum Gasteiger partial charge on any atom is 0.131 e. The summed E-state index contributed by atoms with van der Waals surface area (Å²) in [4.78, 5) is 3.36. The summed E-state index contributed by atoms with van der Waals surface area (Å²) in [5.41, 5.74) is 3.56. The van der Waals surface area contributed by atoms with Crippen LogP contribution in [0.1, 0.15) is 17.0 Å². The molecule has 1 aromatic heterocycles. The van der Waals surface area contributed by atoms with Gasteiger partial charge in [0.25, 0.3) is 0 Å². The van der Waals surface area contributed by atoms with Gasteiger partial charge in [-0.25, -0.2) is 0 Å². The zero-order chi connectivity index (χ0) is 13.8. The van der Waals surface area contributed by atoms with E-state index in [1.807, 2.05) is 48.5 Å². The topological polar surface area (TPSA) is 25.0 Å². The van der Waals surface area contributed by atoms with Gasteiger partial charge in [0.15, 0.2) is 0 Å². The number of aryl methyl sites for hydroxylation is 1. The number of rotatable bonds is 4. The summed E-state index contributed by atoms with van der Waals surface area (Å²) in [7, 11) is 0. The highest BCUT2D eigenvalue weighted by molar-refractivity contribution is 5.40. The highest BCUT2D eigenvalue weighted by atomic mass is 16.5. The van der Waals surface area contributed by atoms with Crippen LogP contribution >= 0.6 is 0 Å². The average Bonchev–Trinajstić information content (AvgIpc) is 2.88. The highest BCUT2D eigenvalue weighted by Crippen LogP contribution is 2.26. The van der Waals surface area contributed by atoms with Crippen LogP contribution in [0, 0.1) is 6.92 Å². The summed E-state index contributed by atoms with van der Waals surface area (Å²) in [5, 5.41) is 0. The van der Waals surface area contributed by atoms with Gasteiger partial charge in [0.2, 0.25) is 0 Å². The van der Waals surface area contributed by atoms with Crippen molar-refractivity contribution in [1.82, 2.24) is 4.98 Å². The molecule has 0 aliphatic rings. The van der Waals surface area contributed by atoms with E-state index in [1.165, 1.54) is 17.0 Å². The van der Waals surface area contributed by atoms with Crippen LogP contribution in [0.4, 0.5) is 0 Å². The SMILES string of the molecule is Cc1ccc(Cc2ccccc2Oc2ccccc2)[nH]1. The zero-order valence-electron chi connectivity index (χ0n) is 11.5. The lowest BCUT2D eigenvalue weighted by molar-refractivity contribution is 0.477. The van der Waals surface area contributed by atoms with E-state index in [0.717, 1.165) is 17.9 Å². The molecule has 0 saturated heterocycles. The smallest absolute Gasteiger partial charge is 0.131 e. The summed E-state index contributed by atoms with van der Waals surface area (Å²) in [6.07, 6.45) is 0.844. The molecule has 3 rings (SSSR count). The largest absolute Gasteiger partial charge is 0.457 e. The van der Waals surface area contributed by atoms with E-state index in [2.05, 4.69) is 30.1 Å². The van der Waals surface area contributed by atoms with Crippen LogP contribution < -0.4 is 4.74 Å². The van der Waals surface area contributed by atoms with Crippen LogP contribution in [0.5, 0.6) is 11.5 Å². The summed E-state index contributed by atoms with van der Waals surface area (Å²) < 4.78 is 5.97. The van der Waals surface area contributed by atoms with Gasteiger partial charge in [-0.15, -0.1) is 0 Å². The molecule has 1 N–H and O–H groups in total. The van der Waals surface area contributed by atoms with Crippen molar-refractivity contribution in [2.75, 3.05) is 0 Å². The van der Waals surface area contributed by atoms with Crippen molar-refractivity contribution in [3.63, 3.8) is 0 Å². The van der Waals surface area contributed by atoms with Gasteiger partial charge < -0.3 is 9.72 Å². The van der Waals surface area contributed by atoms with E-state index in [1.54, 1.807) is 0 Å². The summed E-state index contributed by atoms with van der Waals surface area (Å²) >= 11 is 0. The lowest BCUT2D eigenvalue weighted by atomic mass is 10.1. The monoisotopic (exact) mass is 263 g/mol. The van der Waals surface area contributed by atoms with E-state index in [9.17, 15) is 0 Å².